The first kappa shape index (κ1) is 17.7. The molecule has 0 aliphatic heterocycles. The molecule has 0 unspecified atom stereocenters. The van der Waals surface area contributed by atoms with E-state index in [9.17, 15) is 4.79 Å². The van der Waals surface area contributed by atoms with Crippen molar-refractivity contribution in [2.45, 2.75) is 26.9 Å². The SMILES string of the molecule is CCc1cccc(N(N)C(=O)N(C)N)c1COc1cccc(C)n1. The lowest BCUT2D eigenvalue weighted by molar-refractivity contribution is 0.216. The standard InChI is InChI=1S/C17H23N5O2/c1-4-13-8-6-9-15(22(19)17(23)21(3)18)14(13)11-24-16-10-5-7-12(2)20-16/h5-10H,4,11,18-19H2,1-3H3. The van der Waals surface area contributed by atoms with E-state index in [1.54, 1.807) is 12.1 Å². The average Bonchev–Trinajstić information content (AvgIpc) is 2.58. The molecule has 2 rings (SSSR count). The van der Waals surface area contributed by atoms with Crippen molar-refractivity contribution in [3.63, 3.8) is 0 Å². The number of rotatable bonds is 5. The van der Waals surface area contributed by atoms with Crippen LogP contribution in [0.3, 0.4) is 0 Å². The lowest BCUT2D eigenvalue weighted by Gasteiger charge is -2.24. The van der Waals surface area contributed by atoms with E-state index in [0.717, 1.165) is 33.3 Å². The second-order valence-electron chi connectivity index (χ2n) is 5.44. The fourth-order valence-electron chi connectivity index (χ4n) is 2.36. The summed E-state index contributed by atoms with van der Waals surface area (Å²) in [5, 5.41) is 1.97. The first-order valence-electron chi connectivity index (χ1n) is 7.68. The molecule has 0 saturated heterocycles. The van der Waals surface area contributed by atoms with E-state index in [1.165, 1.54) is 7.05 Å². The Hall–Kier alpha value is -2.64. The number of ether oxygens (including phenoxy) is 1. The molecule has 128 valence electrons. The summed E-state index contributed by atoms with van der Waals surface area (Å²) in [6, 6.07) is 10.7. The van der Waals surface area contributed by atoms with E-state index in [0.29, 0.717) is 11.6 Å². The lowest BCUT2D eigenvalue weighted by Crippen LogP contribution is -2.49. The van der Waals surface area contributed by atoms with Gasteiger partial charge in [-0.25, -0.2) is 26.5 Å². The summed E-state index contributed by atoms with van der Waals surface area (Å²) in [5.74, 6) is 12.0. The van der Waals surface area contributed by atoms with Crippen molar-refractivity contribution in [1.29, 1.82) is 0 Å². The van der Waals surface area contributed by atoms with Gasteiger partial charge in [0.1, 0.15) is 6.61 Å². The predicted molar refractivity (Wildman–Crippen MR) is 93.1 cm³/mol. The van der Waals surface area contributed by atoms with E-state index in [1.807, 2.05) is 38.1 Å². The van der Waals surface area contributed by atoms with Crippen LogP contribution < -0.4 is 21.4 Å². The zero-order valence-electron chi connectivity index (χ0n) is 14.2. The van der Waals surface area contributed by atoms with Gasteiger partial charge in [-0.1, -0.05) is 25.1 Å². The van der Waals surface area contributed by atoms with Crippen LogP contribution in [0.1, 0.15) is 23.7 Å². The molecule has 0 atom stereocenters. The van der Waals surface area contributed by atoms with Crippen LogP contribution >= 0.6 is 0 Å². The Morgan fingerprint density at radius 3 is 2.54 bits per heavy atom. The van der Waals surface area contributed by atoms with Gasteiger partial charge in [-0.3, -0.25) is 5.01 Å². The molecule has 0 spiro atoms. The predicted octanol–water partition coefficient (Wildman–Crippen LogP) is 2.14. The van der Waals surface area contributed by atoms with Gasteiger partial charge in [0.15, 0.2) is 0 Å². The Bertz CT molecular complexity index is 718. The van der Waals surface area contributed by atoms with Crippen molar-refractivity contribution >= 4 is 11.7 Å². The van der Waals surface area contributed by atoms with Crippen LogP contribution in [-0.2, 0) is 13.0 Å². The van der Waals surface area contributed by atoms with Crippen LogP contribution in [0.25, 0.3) is 0 Å². The number of hydrogen-bond donors (Lipinski definition) is 2. The molecular weight excluding hydrogens is 306 g/mol. The van der Waals surface area contributed by atoms with E-state index >= 15 is 0 Å². The highest BCUT2D eigenvalue weighted by molar-refractivity contribution is 5.91. The number of hydrazine groups is 2. The number of hydrogen-bond acceptors (Lipinski definition) is 5. The molecule has 7 heteroatoms. The highest BCUT2D eigenvalue weighted by Crippen LogP contribution is 2.25. The first-order chi connectivity index (χ1) is 11.4. The molecular formula is C17H23N5O2. The second kappa shape index (κ2) is 7.76. The van der Waals surface area contributed by atoms with E-state index in [4.69, 9.17) is 16.4 Å². The number of nitrogens with two attached hydrogens (primary N) is 2. The maximum Gasteiger partial charge on any atom is 0.352 e. The first-order valence-corrected chi connectivity index (χ1v) is 7.68. The van der Waals surface area contributed by atoms with Crippen molar-refractivity contribution in [2.75, 3.05) is 12.1 Å². The van der Waals surface area contributed by atoms with Gasteiger partial charge in [0, 0.05) is 24.4 Å². The molecule has 0 aliphatic carbocycles. The normalized spacial score (nSPS) is 10.4. The number of aromatic nitrogens is 1. The van der Waals surface area contributed by atoms with Crippen molar-refractivity contribution in [2.24, 2.45) is 11.7 Å². The minimum absolute atomic E-state index is 0.255. The zero-order valence-corrected chi connectivity index (χ0v) is 14.2. The zero-order chi connectivity index (χ0) is 17.7. The number of nitrogens with zero attached hydrogens (tertiary/aromatic N) is 3. The van der Waals surface area contributed by atoms with Crippen LogP contribution in [0.4, 0.5) is 10.5 Å². The Morgan fingerprint density at radius 2 is 1.92 bits per heavy atom. The molecule has 0 radical (unpaired) electrons. The molecule has 0 saturated carbocycles. The Balaban J connectivity index is 2.31. The summed E-state index contributed by atoms with van der Waals surface area (Å²) in [7, 11) is 1.44. The quantitative estimate of drug-likeness (QED) is 0.497. The number of anilines is 1. The third-order valence-electron chi connectivity index (χ3n) is 3.62. The maximum atomic E-state index is 12.1. The Labute approximate surface area is 141 Å². The second-order valence-corrected chi connectivity index (χ2v) is 5.44. The third-order valence-corrected chi connectivity index (χ3v) is 3.62. The number of urea groups is 1. The maximum absolute atomic E-state index is 12.1. The smallest absolute Gasteiger partial charge is 0.352 e. The van der Waals surface area contributed by atoms with E-state index in [-0.39, 0.29) is 6.61 Å². The molecule has 24 heavy (non-hydrogen) atoms. The van der Waals surface area contributed by atoms with Crippen LogP contribution in [0.5, 0.6) is 5.88 Å². The highest BCUT2D eigenvalue weighted by Gasteiger charge is 2.19. The van der Waals surface area contributed by atoms with Gasteiger partial charge < -0.3 is 4.74 Å². The molecule has 0 fully saturated rings. The number of carbonyl (C=O) groups is 1. The monoisotopic (exact) mass is 329 g/mol. The largest absolute Gasteiger partial charge is 0.473 e. The Kier molecular flexibility index (Phi) is 5.73. The minimum atomic E-state index is -0.516. The average molecular weight is 329 g/mol. The van der Waals surface area contributed by atoms with Gasteiger partial charge in [0.2, 0.25) is 5.88 Å². The molecule has 2 aromatic rings. The summed E-state index contributed by atoms with van der Waals surface area (Å²) in [4.78, 5) is 16.4. The molecule has 0 aliphatic rings. The van der Waals surface area contributed by atoms with Crippen LogP contribution in [0.2, 0.25) is 0 Å². The van der Waals surface area contributed by atoms with Crippen molar-refractivity contribution < 1.29 is 9.53 Å². The Morgan fingerprint density at radius 1 is 1.21 bits per heavy atom. The molecule has 0 bridgehead atoms. The van der Waals surface area contributed by atoms with Gasteiger partial charge in [-0.05, 0) is 31.0 Å². The van der Waals surface area contributed by atoms with Gasteiger partial charge >= 0.3 is 6.03 Å². The lowest BCUT2D eigenvalue weighted by atomic mass is 10.0. The van der Waals surface area contributed by atoms with Crippen molar-refractivity contribution in [3.8, 4) is 5.88 Å². The van der Waals surface area contributed by atoms with Crippen LogP contribution in [0.15, 0.2) is 36.4 Å². The summed E-state index contributed by atoms with van der Waals surface area (Å²) in [6.45, 7) is 4.19. The molecule has 4 N–H and O–H groups in total. The van der Waals surface area contributed by atoms with Gasteiger partial charge in [-0.15, -0.1) is 0 Å². The number of benzene rings is 1. The van der Waals surface area contributed by atoms with Crippen LogP contribution in [-0.4, -0.2) is 23.1 Å². The molecule has 1 aromatic carbocycles. The summed E-state index contributed by atoms with van der Waals surface area (Å²) in [6.07, 6.45) is 0.786. The van der Waals surface area contributed by atoms with Crippen molar-refractivity contribution in [1.82, 2.24) is 9.99 Å². The highest BCUT2D eigenvalue weighted by atomic mass is 16.5. The fraction of sp³-hybridized carbons (Fsp3) is 0.294. The third kappa shape index (κ3) is 4.01. The summed E-state index contributed by atoms with van der Waals surface area (Å²) in [5.41, 5.74) is 3.31. The minimum Gasteiger partial charge on any atom is -0.473 e. The molecule has 1 aromatic heterocycles. The molecule has 7 nitrogen and oxygen atoms in total. The van der Waals surface area contributed by atoms with Crippen molar-refractivity contribution in [3.05, 3.63) is 53.2 Å². The molecule has 1 heterocycles. The van der Waals surface area contributed by atoms with Gasteiger partial charge in [0.05, 0.1) is 5.69 Å². The number of carbonyl (C=O) groups excluding carboxylic acids is 1. The number of aryl methyl sites for hydroxylation is 2. The van der Waals surface area contributed by atoms with E-state index in [2.05, 4.69) is 4.98 Å². The number of amides is 2. The summed E-state index contributed by atoms with van der Waals surface area (Å²) < 4.78 is 5.80. The number of pyridine rings is 1. The van der Waals surface area contributed by atoms with E-state index < -0.39 is 6.03 Å². The molecule has 2 amide bonds. The fourth-order valence-corrected chi connectivity index (χ4v) is 2.36. The topological polar surface area (TPSA) is 97.7 Å². The van der Waals surface area contributed by atoms with Gasteiger partial charge in [-0.2, -0.15) is 0 Å². The summed E-state index contributed by atoms with van der Waals surface area (Å²) >= 11 is 0. The van der Waals surface area contributed by atoms with Gasteiger partial charge in [0.25, 0.3) is 0 Å². The van der Waals surface area contributed by atoms with Crippen LogP contribution in [0, 0.1) is 6.92 Å².